The van der Waals surface area contributed by atoms with Gasteiger partial charge in [-0.05, 0) is 17.2 Å². The number of rotatable bonds is 4. The second-order valence-electron chi connectivity index (χ2n) is 7.31. The average Bonchev–Trinajstić information content (AvgIpc) is 3.16. The third-order valence-electron chi connectivity index (χ3n) is 5.06. The molecule has 4 nitrogen and oxygen atoms in total. The number of carbonyl (C=O) groups excluding carboxylic acids is 1. The van der Waals surface area contributed by atoms with Gasteiger partial charge in [0.15, 0.2) is 0 Å². The Kier molecular flexibility index (Phi) is 5.59. The van der Waals surface area contributed by atoms with Crippen molar-refractivity contribution in [3.8, 4) is 16.9 Å². The van der Waals surface area contributed by atoms with E-state index in [1.807, 2.05) is 30.3 Å². The number of alkyl halides is 3. The molecule has 0 saturated heterocycles. The minimum Gasteiger partial charge on any atom is -0.453 e. The van der Waals surface area contributed by atoms with E-state index in [9.17, 15) is 18.0 Å². The Morgan fingerprint density at radius 3 is 2.42 bits per heavy atom. The normalized spacial score (nSPS) is 15.2. The molecule has 0 aromatic heterocycles. The monoisotopic (exact) mass is 427 g/mol. The first kappa shape index (κ1) is 20.8. The van der Waals surface area contributed by atoms with E-state index in [-0.39, 0.29) is 12.0 Å². The molecule has 160 valence electrons. The molecule has 1 aliphatic rings. The molecule has 0 bridgehead atoms. The van der Waals surface area contributed by atoms with Crippen molar-refractivity contribution in [2.24, 2.45) is 0 Å². The van der Waals surface area contributed by atoms with Gasteiger partial charge in [-0.2, -0.15) is 13.2 Å². The van der Waals surface area contributed by atoms with Crippen molar-refractivity contribution < 1.29 is 27.4 Å². The van der Waals surface area contributed by atoms with E-state index in [1.165, 1.54) is 17.0 Å². The number of benzene rings is 3. The van der Waals surface area contributed by atoms with E-state index in [4.69, 9.17) is 9.47 Å². The van der Waals surface area contributed by atoms with Crippen LogP contribution in [0.15, 0.2) is 72.8 Å². The van der Waals surface area contributed by atoms with Crippen LogP contribution in [0.3, 0.4) is 0 Å². The number of hydrogen-bond donors (Lipinski definition) is 0. The van der Waals surface area contributed by atoms with Crippen LogP contribution in [0.25, 0.3) is 11.1 Å². The summed E-state index contributed by atoms with van der Waals surface area (Å²) < 4.78 is 51.7. The number of carbonyl (C=O) groups is 1. The SMILES string of the molecule is CN(Cc1ccccc1)C(=O)OC1Cc2cccc(-c3ccccc3C(F)(F)F)c2O1. The summed E-state index contributed by atoms with van der Waals surface area (Å²) in [6.45, 7) is 0.365. The van der Waals surface area contributed by atoms with Crippen LogP contribution in [0.5, 0.6) is 5.75 Å². The van der Waals surface area contributed by atoms with Crippen molar-refractivity contribution in [3.63, 3.8) is 0 Å². The molecule has 0 saturated carbocycles. The number of hydrogen-bond acceptors (Lipinski definition) is 3. The first-order valence-electron chi connectivity index (χ1n) is 9.74. The molecule has 0 radical (unpaired) electrons. The Labute approximate surface area is 177 Å². The van der Waals surface area contributed by atoms with E-state index in [1.54, 1.807) is 31.3 Å². The van der Waals surface area contributed by atoms with Crippen molar-refractivity contribution >= 4 is 6.09 Å². The smallest absolute Gasteiger partial charge is 0.417 e. The lowest BCUT2D eigenvalue weighted by Gasteiger charge is -2.20. The zero-order chi connectivity index (χ0) is 22.0. The molecule has 1 unspecified atom stereocenters. The molecule has 0 N–H and O–H groups in total. The van der Waals surface area contributed by atoms with Crippen LogP contribution in [-0.2, 0) is 23.9 Å². The highest BCUT2D eigenvalue weighted by molar-refractivity contribution is 5.76. The maximum absolute atomic E-state index is 13.5. The van der Waals surface area contributed by atoms with E-state index in [0.29, 0.717) is 23.4 Å². The summed E-state index contributed by atoms with van der Waals surface area (Å²) in [5.41, 5.74) is 1.25. The van der Waals surface area contributed by atoms with Gasteiger partial charge in [0.1, 0.15) is 5.75 Å². The fourth-order valence-corrected chi connectivity index (χ4v) is 3.60. The van der Waals surface area contributed by atoms with Crippen molar-refractivity contribution in [2.75, 3.05) is 7.05 Å². The molecule has 3 aromatic carbocycles. The van der Waals surface area contributed by atoms with Gasteiger partial charge < -0.3 is 14.4 Å². The minimum atomic E-state index is -4.50. The van der Waals surface area contributed by atoms with Crippen LogP contribution in [0.1, 0.15) is 16.7 Å². The van der Waals surface area contributed by atoms with Crippen LogP contribution in [0, 0.1) is 0 Å². The quantitative estimate of drug-likeness (QED) is 0.520. The molecular weight excluding hydrogens is 407 g/mol. The van der Waals surface area contributed by atoms with E-state index >= 15 is 0 Å². The predicted molar refractivity (Wildman–Crippen MR) is 109 cm³/mol. The van der Waals surface area contributed by atoms with E-state index in [0.717, 1.165) is 11.6 Å². The molecule has 7 heteroatoms. The summed E-state index contributed by atoms with van der Waals surface area (Å²) in [4.78, 5) is 13.9. The first-order chi connectivity index (χ1) is 14.8. The molecule has 1 heterocycles. The Morgan fingerprint density at radius 2 is 1.68 bits per heavy atom. The molecule has 0 fully saturated rings. The van der Waals surface area contributed by atoms with Crippen LogP contribution in [-0.4, -0.2) is 24.3 Å². The number of nitrogens with zero attached hydrogens (tertiary/aromatic N) is 1. The van der Waals surface area contributed by atoms with Crippen LogP contribution in [0.2, 0.25) is 0 Å². The number of halogens is 3. The van der Waals surface area contributed by atoms with Crippen LogP contribution >= 0.6 is 0 Å². The lowest BCUT2D eigenvalue weighted by Crippen LogP contribution is -2.32. The van der Waals surface area contributed by atoms with Crippen molar-refractivity contribution in [1.82, 2.24) is 4.90 Å². The molecule has 3 aromatic rings. The number of amides is 1. The molecule has 1 amide bonds. The van der Waals surface area contributed by atoms with Crippen molar-refractivity contribution in [3.05, 3.63) is 89.5 Å². The summed E-state index contributed by atoms with van der Waals surface area (Å²) in [5.74, 6) is 0.308. The maximum Gasteiger partial charge on any atom is 0.417 e. The molecule has 0 spiro atoms. The van der Waals surface area contributed by atoms with Gasteiger partial charge in [0.25, 0.3) is 0 Å². The van der Waals surface area contributed by atoms with Gasteiger partial charge in [-0.15, -0.1) is 0 Å². The highest BCUT2D eigenvalue weighted by atomic mass is 19.4. The Balaban J connectivity index is 1.51. The largest absolute Gasteiger partial charge is 0.453 e. The zero-order valence-corrected chi connectivity index (χ0v) is 16.7. The van der Waals surface area contributed by atoms with Crippen LogP contribution < -0.4 is 4.74 Å². The summed E-state index contributed by atoms with van der Waals surface area (Å²) in [7, 11) is 1.61. The molecule has 4 rings (SSSR count). The average molecular weight is 427 g/mol. The first-order valence-corrected chi connectivity index (χ1v) is 9.74. The minimum absolute atomic E-state index is 0.0278. The van der Waals surface area contributed by atoms with Gasteiger partial charge in [-0.25, -0.2) is 4.79 Å². The van der Waals surface area contributed by atoms with Crippen molar-refractivity contribution in [1.29, 1.82) is 0 Å². The van der Waals surface area contributed by atoms with Gasteiger partial charge in [0, 0.05) is 24.7 Å². The highest BCUT2D eigenvalue weighted by Crippen LogP contribution is 2.44. The summed E-state index contributed by atoms with van der Waals surface area (Å²) in [6, 6.07) is 19.8. The van der Waals surface area contributed by atoms with Gasteiger partial charge in [0.05, 0.1) is 12.0 Å². The topological polar surface area (TPSA) is 38.8 Å². The second kappa shape index (κ2) is 8.34. The van der Waals surface area contributed by atoms with Crippen molar-refractivity contribution in [2.45, 2.75) is 25.4 Å². The molecule has 31 heavy (non-hydrogen) atoms. The van der Waals surface area contributed by atoms with Gasteiger partial charge >= 0.3 is 12.3 Å². The molecule has 1 aliphatic heterocycles. The van der Waals surface area contributed by atoms with Gasteiger partial charge in [-0.1, -0.05) is 66.7 Å². The third-order valence-corrected chi connectivity index (χ3v) is 5.06. The molecular formula is C24H20F3NO3. The van der Waals surface area contributed by atoms with Gasteiger partial charge in [-0.3, -0.25) is 0 Å². The Bertz CT molecular complexity index is 1080. The number of fused-ring (bicyclic) bond motifs is 1. The fraction of sp³-hybridized carbons (Fsp3) is 0.208. The van der Waals surface area contributed by atoms with E-state index < -0.39 is 24.1 Å². The maximum atomic E-state index is 13.5. The Morgan fingerprint density at radius 1 is 1.00 bits per heavy atom. The van der Waals surface area contributed by atoms with E-state index in [2.05, 4.69) is 0 Å². The second-order valence-corrected chi connectivity index (χ2v) is 7.31. The summed E-state index contributed by atoms with van der Waals surface area (Å²) >= 11 is 0. The summed E-state index contributed by atoms with van der Waals surface area (Å²) in [5, 5.41) is 0. The molecule has 1 atom stereocenters. The van der Waals surface area contributed by atoms with Crippen LogP contribution in [0.4, 0.5) is 18.0 Å². The van der Waals surface area contributed by atoms with Gasteiger partial charge in [0.2, 0.25) is 6.29 Å². The zero-order valence-electron chi connectivity index (χ0n) is 16.7. The number of para-hydroxylation sites is 1. The highest BCUT2D eigenvalue weighted by Gasteiger charge is 2.36. The molecule has 0 aliphatic carbocycles. The lowest BCUT2D eigenvalue weighted by molar-refractivity contribution is -0.137. The Hall–Kier alpha value is -3.48. The lowest BCUT2D eigenvalue weighted by atomic mass is 9.96. The third kappa shape index (κ3) is 4.50. The number of ether oxygens (including phenoxy) is 2. The predicted octanol–water partition coefficient (Wildman–Crippen LogP) is 5.90. The summed E-state index contributed by atoms with van der Waals surface area (Å²) in [6.07, 6.45) is -5.70. The fourth-order valence-electron chi connectivity index (χ4n) is 3.60. The standard InChI is InChI=1S/C24H20F3NO3/c1-28(15-16-8-3-2-4-9-16)23(29)31-21-14-17-10-7-12-19(22(17)30-21)18-11-5-6-13-20(18)24(25,26)27/h2-13,21H,14-15H2,1H3.